The van der Waals surface area contributed by atoms with Crippen LogP contribution in [0.4, 0.5) is 5.69 Å². The van der Waals surface area contributed by atoms with Crippen LogP contribution < -0.4 is 5.32 Å². The molecule has 29 heavy (non-hydrogen) atoms. The molecule has 0 aromatic heterocycles. The van der Waals surface area contributed by atoms with Crippen molar-refractivity contribution in [1.29, 1.82) is 0 Å². The van der Waals surface area contributed by atoms with Gasteiger partial charge in [0.1, 0.15) is 0 Å². The molecule has 0 fully saturated rings. The van der Waals surface area contributed by atoms with Gasteiger partial charge in [-0.3, -0.25) is 4.79 Å². The minimum Gasteiger partial charge on any atom is -0.465 e. The molecule has 0 bridgehead atoms. The lowest BCUT2D eigenvalue weighted by Crippen LogP contribution is -2.23. The normalized spacial score (nSPS) is 10.0. The largest absolute Gasteiger partial charge is 0.465 e. The molecule has 0 saturated carbocycles. The first-order valence-electron chi connectivity index (χ1n) is 8.32. The Morgan fingerprint density at radius 1 is 0.897 bits per heavy atom. The molecule has 0 aliphatic carbocycles. The van der Waals surface area contributed by atoms with Crippen LogP contribution in [0.3, 0.4) is 0 Å². The number of hydrogen-bond donors (Lipinski definition) is 1. The first-order valence-corrected chi connectivity index (χ1v) is 9.54. The maximum atomic E-state index is 12.3. The molecule has 0 unspecified atom stereocenters. The van der Waals surface area contributed by atoms with Crippen LogP contribution in [0.25, 0.3) is 0 Å². The van der Waals surface area contributed by atoms with Crippen LogP contribution >= 0.6 is 11.8 Å². The van der Waals surface area contributed by atoms with Gasteiger partial charge in [-0.05, 0) is 36.6 Å². The number of hydrogen-bond acceptors (Lipinski definition) is 8. The second-order valence-electron chi connectivity index (χ2n) is 5.57. The van der Waals surface area contributed by atoms with Crippen molar-refractivity contribution in [2.24, 2.45) is 0 Å². The van der Waals surface area contributed by atoms with Crippen LogP contribution in [0.1, 0.15) is 31.1 Å². The average molecular weight is 417 g/mol. The maximum Gasteiger partial charge on any atom is 0.339 e. The lowest BCUT2D eigenvalue weighted by atomic mass is 10.1. The Labute approximate surface area is 171 Å². The van der Waals surface area contributed by atoms with Gasteiger partial charge in [-0.1, -0.05) is 12.1 Å². The van der Waals surface area contributed by atoms with Crippen molar-refractivity contribution in [2.75, 3.05) is 32.4 Å². The number of esters is 3. The molecule has 2 aromatic carbocycles. The first kappa shape index (κ1) is 22.0. The molecule has 152 valence electrons. The number of nitrogens with one attached hydrogen (secondary N) is 1. The summed E-state index contributed by atoms with van der Waals surface area (Å²) in [7, 11) is 2.40. The number of rotatable bonds is 7. The van der Waals surface area contributed by atoms with Crippen LogP contribution in [0.5, 0.6) is 0 Å². The van der Waals surface area contributed by atoms with Crippen molar-refractivity contribution >= 4 is 41.3 Å². The summed E-state index contributed by atoms with van der Waals surface area (Å²) in [5.41, 5.74) is 0.537. The van der Waals surface area contributed by atoms with Gasteiger partial charge in [0.05, 0.1) is 36.6 Å². The monoisotopic (exact) mass is 417 g/mol. The Kier molecular flexibility index (Phi) is 7.79. The van der Waals surface area contributed by atoms with E-state index in [-0.39, 0.29) is 16.8 Å². The van der Waals surface area contributed by atoms with E-state index in [9.17, 15) is 19.2 Å². The smallest absolute Gasteiger partial charge is 0.339 e. The highest BCUT2D eigenvalue weighted by molar-refractivity contribution is 7.98. The molecule has 0 aliphatic heterocycles. The van der Waals surface area contributed by atoms with E-state index in [1.54, 1.807) is 24.3 Å². The molecule has 0 atom stereocenters. The van der Waals surface area contributed by atoms with Gasteiger partial charge in [-0.25, -0.2) is 14.4 Å². The van der Waals surface area contributed by atoms with Gasteiger partial charge in [0.2, 0.25) is 0 Å². The van der Waals surface area contributed by atoms with Gasteiger partial charge in [-0.2, -0.15) is 0 Å². The molecule has 1 N–H and O–H groups in total. The average Bonchev–Trinajstić information content (AvgIpc) is 2.76. The van der Waals surface area contributed by atoms with Gasteiger partial charge in [-0.15, -0.1) is 11.8 Å². The van der Waals surface area contributed by atoms with E-state index >= 15 is 0 Å². The molecule has 2 rings (SSSR count). The van der Waals surface area contributed by atoms with Crippen LogP contribution in [-0.4, -0.2) is 50.9 Å². The molecule has 0 spiro atoms. The molecule has 0 aliphatic rings. The Balaban J connectivity index is 2.13. The van der Waals surface area contributed by atoms with Crippen molar-refractivity contribution < 1.29 is 33.4 Å². The fraction of sp³-hybridized carbons (Fsp3) is 0.200. The molecule has 0 saturated heterocycles. The third-order valence-electron chi connectivity index (χ3n) is 3.78. The minimum absolute atomic E-state index is 0.0327. The Hall–Kier alpha value is -3.33. The van der Waals surface area contributed by atoms with Gasteiger partial charge in [0, 0.05) is 4.90 Å². The molecule has 2 aromatic rings. The zero-order valence-corrected chi connectivity index (χ0v) is 16.8. The zero-order valence-electron chi connectivity index (χ0n) is 16.0. The zero-order chi connectivity index (χ0) is 21.4. The summed E-state index contributed by atoms with van der Waals surface area (Å²) in [4.78, 5) is 48.8. The molecule has 8 nitrogen and oxygen atoms in total. The van der Waals surface area contributed by atoms with Gasteiger partial charge >= 0.3 is 17.9 Å². The fourth-order valence-corrected chi connectivity index (χ4v) is 2.97. The number of carbonyl (C=O) groups is 4. The minimum atomic E-state index is -0.706. The molecular weight excluding hydrogens is 398 g/mol. The van der Waals surface area contributed by atoms with E-state index in [0.29, 0.717) is 5.56 Å². The highest BCUT2D eigenvalue weighted by Crippen LogP contribution is 2.21. The number of anilines is 1. The SMILES string of the molecule is COC(=O)c1ccc(C(=O)OC)c(NC(=O)COC(=O)c2ccccc2SC)c1. The molecule has 0 heterocycles. The second-order valence-corrected chi connectivity index (χ2v) is 6.42. The number of thioether (sulfide) groups is 1. The Morgan fingerprint density at radius 3 is 2.24 bits per heavy atom. The maximum absolute atomic E-state index is 12.3. The van der Waals surface area contributed by atoms with E-state index in [4.69, 9.17) is 4.74 Å². The van der Waals surface area contributed by atoms with Crippen LogP contribution in [0.2, 0.25) is 0 Å². The molecule has 1 amide bonds. The Morgan fingerprint density at radius 2 is 1.59 bits per heavy atom. The number of ether oxygens (including phenoxy) is 3. The predicted molar refractivity (Wildman–Crippen MR) is 106 cm³/mol. The molecule has 0 radical (unpaired) electrons. The summed E-state index contributed by atoms with van der Waals surface area (Å²) in [6.07, 6.45) is 1.82. The number of benzene rings is 2. The van der Waals surface area contributed by atoms with E-state index in [0.717, 1.165) is 4.90 Å². The van der Waals surface area contributed by atoms with Gasteiger partial charge in [0.25, 0.3) is 5.91 Å². The van der Waals surface area contributed by atoms with Crippen molar-refractivity contribution in [3.8, 4) is 0 Å². The number of amides is 1. The van der Waals surface area contributed by atoms with E-state index < -0.39 is 30.4 Å². The summed E-state index contributed by atoms with van der Waals surface area (Å²) < 4.78 is 14.4. The van der Waals surface area contributed by atoms with E-state index in [1.807, 2.05) is 6.26 Å². The molecular formula is C20H19NO7S. The highest BCUT2D eigenvalue weighted by Gasteiger charge is 2.19. The van der Waals surface area contributed by atoms with Gasteiger partial charge < -0.3 is 19.5 Å². The first-order chi connectivity index (χ1) is 13.9. The quantitative estimate of drug-likeness (QED) is 0.416. The van der Waals surface area contributed by atoms with Crippen LogP contribution in [0, 0.1) is 0 Å². The summed E-state index contributed by atoms with van der Waals surface area (Å²) in [5.74, 6) is -2.69. The fourth-order valence-electron chi connectivity index (χ4n) is 2.39. The molecule has 9 heteroatoms. The third kappa shape index (κ3) is 5.58. The lowest BCUT2D eigenvalue weighted by molar-refractivity contribution is -0.119. The second kappa shape index (κ2) is 10.3. The van der Waals surface area contributed by atoms with E-state index in [2.05, 4.69) is 14.8 Å². The Bertz CT molecular complexity index is 942. The van der Waals surface area contributed by atoms with Crippen molar-refractivity contribution in [3.63, 3.8) is 0 Å². The topological polar surface area (TPSA) is 108 Å². The summed E-state index contributed by atoms with van der Waals surface area (Å²) in [6.45, 7) is -0.579. The third-order valence-corrected chi connectivity index (χ3v) is 4.58. The number of methoxy groups -OCH3 is 2. The van der Waals surface area contributed by atoms with Crippen molar-refractivity contribution in [2.45, 2.75) is 4.90 Å². The number of carbonyl (C=O) groups excluding carboxylic acids is 4. The lowest BCUT2D eigenvalue weighted by Gasteiger charge is -2.12. The predicted octanol–water partition coefficient (Wildman–Crippen LogP) is 2.78. The summed E-state index contributed by atoms with van der Waals surface area (Å²) in [6, 6.07) is 10.8. The summed E-state index contributed by atoms with van der Waals surface area (Å²) in [5, 5.41) is 2.45. The standard InChI is InChI=1S/C20H19NO7S/c1-26-18(23)12-8-9-13(19(24)27-2)15(10-12)21-17(22)11-28-20(25)14-6-4-5-7-16(14)29-3/h4-10H,11H2,1-3H3,(H,21,22). The van der Waals surface area contributed by atoms with Crippen LogP contribution in [0.15, 0.2) is 47.4 Å². The summed E-state index contributed by atoms with van der Waals surface area (Å²) >= 11 is 1.38. The van der Waals surface area contributed by atoms with Gasteiger partial charge in [0.15, 0.2) is 6.61 Å². The van der Waals surface area contributed by atoms with Crippen molar-refractivity contribution in [1.82, 2.24) is 0 Å². The highest BCUT2D eigenvalue weighted by atomic mass is 32.2. The van der Waals surface area contributed by atoms with Crippen molar-refractivity contribution in [3.05, 3.63) is 59.2 Å². The van der Waals surface area contributed by atoms with Crippen LogP contribution in [-0.2, 0) is 19.0 Å². The van der Waals surface area contributed by atoms with E-state index in [1.165, 1.54) is 44.2 Å².